The van der Waals surface area contributed by atoms with E-state index >= 15 is 0 Å². The van der Waals surface area contributed by atoms with Gasteiger partial charge in [0.25, 0.3) is 5.91 Å². The first-order valence-corrected chi connectivity index (χ1v) is 7.16. The molecule has 2 rings (SSSR count). The van der Waals surface area contributed by atoms with Gasteiger partial charge in [0.05, 0.1) is 19.3 Å². The maximum Gasteiger partial charge on any atom is 0.256 e. The van der Waals surface area contributed by atoms with Gasteiger partial charge >= 0.3 is 0 Å². The van der Waals surface area contributed by atoms with Crippen LogP contribution in [0, 0.1) is 0 Å². The van der Waals surface area contributed by atoms with E-state index in [1.807, 2.05) is 24.3 Å². The zero-order chi connectivity index (χ0) is 15.2. The number of amides is 1. The van der Waals surface area contributed by atoms with E-state index in [1.165, 1.54) is 0 Å². The average molecular weight is 350 g/mol. The molecule has 0 aliphatic carbocycles. The van der Waals surface area contributed by atoms with Crippen LogP contribution in [0.5, 0.6) is 5.75 Å². The second-order valence-electron chi connectivity index (χ2n) is 4.43. The van der Waals surface area contributed by atoms with Gasteiger partial charge in [-0.1, -0.05) is 12.1 Å². The van der Waals surface area contributed by atoms with Gasteiger partial charge in [0, 0.05) is 17.3 Å². The average Bonchev–Trinajstić information content (AvgIpc) is 2.48. The first-order valence-electron chi connectivity index (χ1n) is 6.37. The number of carbonyl (C=O) groups is 1. The molecule has 0 saturated heterocycles. The van der Waals surface area contributed by atoms with Crippen LogP contribution < -0.4 is 10.1 Å². The number of halogens is 1. The molecule has 2 aromatic rings. The summed E-state index contributed by atoms with van der Waals surface area (Å²) in [7, 11) is 3.21. The summed E-state index contributed by atoms with van der Waals surface area (Å²) in [4.78, 5) is 12.3. The molecule has 2 aromatic carbocycles. The van der Waals surface area contributed by atoms with E-state index in [0.717, 1.165) is 11.3 Å². The van der Waals surface area contributed by atoms with Crippen LogP contribution in [0.25, 0.3) is 0 Å². The molecule has 0 atom stereocenters. The van der Waals surface area contributed by atoms with Crippen LogP contribution in [0.3, 0.4) is 0 Å². The molecule has 0 aliphatic heterocycles. The van der Waals surface area contributed by atoms with Gasteiger partial charge in [-0.3, -0.25) is 4.79 Å². The Morgan fingerprint density at radius 2 is 2.00 bits per heavy atom. The summed E-state index contributed by atoms with van der Waals surface area (Å²) in [5.74, 6) is 0.437. The third kappa shape index (κ3) is 4.06. The normalized spacial score (nSPS) is 10.2. The van der Waals surface area contributed by atoms with Crippen molar-refractivity contribution < 1.29 is 14.3 Å². The lowest BCUT2D eigenvalue weighted by Crippen LogP contribution is -2.13. The van der Waals surface area contributed by atoms with E-state index in [4.69, 9.17) is 9.47 Å². The Morgan fingerprint density at radius 1 is 1.19 bits per heavy atom. The van der Waals surface area contributed by atoms with Crippen molar-refractivity contribution >= 4 is 27.5 Å². The Morgan fingerprint density at radius 3 is 2.71 bits per heavy atom. The summed E-state index contributed by atoms with van der Waals surface area (Å²) in [5, 5.41) is 2.87. The number of hydrogen-bond donors (Lipinski definition) is 1. The van der Waals surface area contributed by atoms with E-state index in [1.54, 1.807) is 32.4 Å². The molecule has 0 unspecified atom stereocenters. The van der Waals surface area contributed by atoms with Crippen molar-refractivity contribution in [2.45, 2.75) is 6.61 Å². The Labute approximate surface area is 132 Å². The van der Waals surface area contributed by atoms with Crippen molar-refractivity contribution in [1.82, 2.24) is 0 Å². The molecule has 110 valence electrons. The summed E-state index contributed by atoms with van der Waals surface area (Å²) >= 11 is 3.38. The van der Waals surface area contributed by atoms with Crippen molar-refractivity contribution in [1.29, 1.82) is 0 Å². The molecule has 0 spiro atoms. The summed E-state index contributed by atoms with van der Waals surface area (Å²) in [6, 6.07) is 12.8. The van der Waals surface area contributed by atoms with Crippen LogP contribution >= 0.6 is 15.9 Å². The van der Waals surface area contributed by atoms with Crippen LogP contribution in [0.2, 0.25) is 0 Å². The number of carbonyl (C=O) groups excluding carboxylic acids is 1. The fourth-order valence-corrected chi connectivity index (χ4v) is 2.34. The molecular weight excluding hydrogens is 334 g/mol. The maximum absolute atomic E-state index is 12.3. The van der Waals surface area contributed by atoms with Gasteiger partial charge in [0.1, 0.15) is 5.75 Å². The molecular formula is C16H16BrNO3. The summed E-state index contributed by atoms with van der Waals surface area (Å²) < 4.78 is 10.9. The zero-order valence-electron chi connectivity index (χ0n) is 11.9. The Hall–Kier alpha value is -1.85. The third-order valence-electron chi connectivity index (χ3n) is 2.91. The second-order valence-corrected chi connectivity index (χ2v) is 5.29. The minimum Gasteiger partial charge on any atom is -0.497 e. The van der Waals surface area contributed by atoms with Crippen molar-refractivity contribution in [2.24, 2.45) is 0 Å². The highest BCUT2D eigenvalue weighted by Crippen LogP contribution is 2.23. The largest absolute Gasteiger partial charge is 0.497 e. The smallest absolute Gasteiger partial charge is 0.256 e. The van der Waals surface area contributed by atoms with E-state index in [-0.39, 0.29) is 5.91 Å². The number of hydrogen-bond acceptors (Lipinski definition) is 3. The molecule has 0 fully saturated rings. The topological polar surface area (TPSA) is 47.6 Å². The van der Waals surface area contributed by atoms with E-state index in [2.05, 4.69) is 21.2 Å². The predicted octanol–water partition coefficient (Wildman–Crippen LogP) is 3.86. The minimum absolute atomic E-state index is 0.199. The molecule has 0 saturated carbocycles. The van der Waals surface area contributed by atoms with E-state index < -0.39 is 0 Å². The lowest BCUT2D eigenvalue weighted by Gasteiger charge is -2.09. The monoisotopic (exact) mass is 349 g/mol. The standard InChI is InChI=1S/C16H16BrNO3/c1-20-10-11-4-3-5-12(8-11)18-16(19)14-9-13(21-2)6-7-15(14)17/h3-9H,10H2,1-2H3,(H,18,19). The molecule has 0 aliphatic rings. The molecule has 0 aromatic heterocycles. The molecule has 21 heavy (non-hydrogen) atoms. The SMILES string of the molecule is COCc1cccc(NC(=O)c2cc(OC)ccc2Br)c1. The number of nitrogens with one attached hydrogen (secondary N) is 1. The third-order valence-corrected chi connectivity index (χ3v) is 3.61. The van der Waals surface area contributed by atoms with Crippen molar-refractivity contribution in [3.8, 4) is 5.75 Å². The van der Waals surface area contributed by atoms with Crippen molar-refractivity contribution in [3.63, 3.8) is 0 Å². The quantitative estimate of drug-likeness (QED) is 0.891. The highest BCUT2D eigenvalue weighted by atomic mass is 79.9. The zero-order valence-corrected chi connectivity index (χ0v) is 13.4. The first kappa shape index (κ1) is 15.5. The lowest BCUT2D eigenvalue weighted by atomic mass is 10.1. The first-order chi connectivity index (χ1) is 10.1. The fourth-order valence-electron chi connectivity index (χ4n) is 1.91. The summed E-state index contributed by atoms with van der Waals surface area (Å²) in [5.41, 5.74) is 2.25. The van der Waals surface area contributed by atoms with E-state index in [0.29, 0.717) is 22.4 Å². The number of rotatable bonds is 5. The van der Waals surface area contributed by atoms with Crippen LogP contribution in [0.4, 0.5) is 5.69 Å². The van der Waals surface area contributed by atoms with Crippen LogP contribution in [0.1, 0.15) is 15.9 Å². The van der Waals surface area contributed by atoms with Crippen LogP contribution in [-0.2, 0) is 11.3 Å². The van der Waals surface area contributed by atoms with Gasteiger partial charge in [-0.15, -0.1) is 0 Å². The number of ether oxygens (including phenoxy) is 2. The Bertz CT molecular complexity index is 643. The fraction of sp³-hybridized carbons (Fsp3) is 0.188. The summed E-state index contributed by atoms with van der Waals surface area (Å²) in [6.07, 6.45) is 0. The molecule has 0 heterocycles. The van der Waals surface area contributed by atoms with Gasteiger partial charge in [-0.2, -0.15) is 0 Å². The number of anilines is 1. The lowest BCUT2D eigenvalue weighted by molar-refractivity contribution is 0.102. The molecule has 0 radical (unpaired) electrons. The van der Waals surface area contributed by atoms with Gasteiger partial charge in [-0.05, 0) is 51.8 Å². The van der Waals surface area contributed by atoms with Crippen molar-refractivity contribution in [2.75, 3.05) is 19.5 Å². The molecule has 4 nitrogen and oxygen atoms in total. The molecule has 1 amide bonds. The number of methoxy groups -OCH3 is 2. The van der Waals surface area contributed by atoms with Gasteiger partial charge in [-0.25, -0.2) is 0 Å². The number of benzene rings is 2. The van der Waals surface area contributed by atoms with Crippen molar-refractivity contribution in [3.05, 3.63) is 58.1 Å². The van der Waals surface area contributed by atoms with Crippen LogP contribution in [0.15, 0.2) is 46.9 Å². The van der Waals surface area contributed by atoms with Gasteiger partial charge in [0.15, 0.2) is 0 Å². The van der Waals surface area contributed by atoms with E-state index in [9.17, 15) is 4.79 Å². The Kier molecular flexibility index (Phi) is 5.36. The second kappa shape index (κ2) is 7.24. The van der Waals surface area contributed by atoms with Gasteiger partial charge < -0.3 is 14.8 Å². The summed E-state index contributed by atoms with van der Waals surface area (Å²) in [6.45, 7) is 0.507. The highest BCUT2D eigenvalue weighted by molar-refractivity contribution is 9.10. The molecule has 0 bridgehead atoms. The minimum atomic E-state index is -0.199. The van der Waals surface area contributed by atoms with Gasteiger partial charge in [0.2, 0.25) is 0 Å². The highest BCUT2D eigenvalue weighted by Gasteiger charge is 2.12. The molecule has 5 heteroatoms. The van der Waals surface area contributed by atoms with Crippen LogP contribution in [-0.4, -0.2) is 20.1 Å². The predicted molar refractivity (Wildman–Crippen MR) is 85.8 cm³/mol. The molecule has 1 N–H and O–H groups in total. The Balaban J connectivity index is 2.19. The maximum atomic E-state index is 12.3.